The molecule has 0 radical (unpaired) electrons. The molecule has 5 N–H and O–H groups in total. The van der Waals surface area contributed by atoms with Gasteiger partial charge in [-0.25, -0.2) is 13.4 Å². The lowest BCUT2D eigenvalue weighted by Gasteiger charge is -2.07. The summed E-state index contributed by atoms with van der Waals surface area (Å²) in [5.41, 5.74) is 9.96. The van der Waals surface area contributed by atoms with Crippen molar-refractivity contribution >= 4 is 27.5 Å². The number of nitrogens with zero attached hydrogens (tertiary/aromatic N) is 1. The van der Waals surface area contributed by atoms with E-state index in [0.717, 1.165) is 12.3 Å². The minimum Gasteiger partial charge on any atom is -0.368 e. The fraction of sp³-hybridized carbons (Fsp3) is 0.222. The van der Waals surface area contributed by atoms with Crippen LogP contribution in [0.1, 0.15) is 10.4 Å². The fourth-order valence-corrected chi connectivity index (χ4v) is 1.71. The van der Waals surface area contributed by atoms with Crippen molar-refractivity contribution in [2.24, 2.45) is 11.5 Å². The molecule has 1 aromatic heterocycles. The molecule has 1 aromatic rings. The zero-order valence-electron chi connectivity index (χ0n) is 9.50. The normalized spacial score (nSPS) is 10.9. The summed E-state index contributed by atoms with van der Waals surface area (Å²) in [7, 11) is -3.59. The number of hydrogen-bond donors (Lipinski definition) is 3. The molecule has 0 unspecified atom stereocenters. The summed E-state index contributed by atoms with van der Waals surface area (Å²) in [6, 6.07) is 2.30. The number of carbonyl (C=O) groups excluding carboxylic acids is 2. The van der Waals surface area contributed by atoms with Crippen LogP contribution in [0, 0.1) is 0 Å². The number of amides is 2. The largest absolute Gasteiger partial charge is 0.368 e. The van der Waals surface area contributed by atoms with E-state index in [-0.39, 0.29) is 23.0 Å². The van der Waals surface area contributed by atoms with Gasteiger partial charge in [0, 0.05) is 11.8 Å². The van der Waals surface area contributed by atoms with E-state index in [4.69, 9.17) is 11.5 Å². The summed E-state index contributed by atoms with van der Waals surface area (Å²) in [5, 5.41) is 2.18. The quantitative estimate of drug-likeness (QED) is 0.593. The van der Waals surface area contributed by atoms with Crippen molar-refractivity contribution in [1.82, 2.24) is 4.98 Å². The van der Waals surface area contributed by atoms with Crippen molar-refractivity contribution in [3.05, 3.63) is 17.7 Å². The lowest BCUT2D eigenvalue weighted by atomic mass is 10.2. The van der Waals surface area contributed by atoms with Crippen molar-refractivity contribution in [1.29, 1.82) is 0 Å². The van der Waals surface area contributed by atoms with Crippen LogP contribution >= 0.6 is 0 Å². The highest BCUT2D eigenvalue weighted by Gasteiger charge is 2.14. The maximum absolute atomic E-state index is 11.4. The Bertz CT molecular complexity index is 597. The number of nitrogens with two attached hydrogens (primary N) is 2. The lowest BCUT2D eigenvalue weighted by molar-refractivity contribution is -0.116. The Morgan fingerprint density at radius 2 is 1.94 bits per heavy atom. The van der Waals surface area contributed by atoms with Crippen LogP contribution in [0.5, 0.6) is 0 Å². The van der Waals surface area contributed by atoms with Crippen LogP contribution in [-0.2, 0) is 14.6 Å². The van der Waals surface area contributed by atoms with Gasteiger partial charge in [-0.1, -0.05) is 0 Å². The zero-order chi connectivity index (χ0) is 13.9. The molecule has 9 heteroatoms. The second-order valence-corrected chi connectivity index (χ2v) is 5.50. The maximum atomic E-state index is 11.4. The topological polar surface area (TPSA) is 145 Å². The van der Waals surface area contributed by atoms with Crippen LogP contribution in [0.25, 0.3) is 0 Å². The first kappa shape index (κ1) is 13.9. The third-order valence-electron chi connectivity index (χ3n) is 1.91. The Balaban J connectivity index is 3.23. The third-order valence-corrected chi connectivity index (χ3v) is 2.88. The van der Waals surface area contributed by atoms with E-state index in [1.165, 1.54) is 6.07 Å². The average Bonchev–Trinajstić information content (AvgIpc) is 2.24. The summed E-state index contributed by atoms with van der Waals surface area (Å²) < 4.78 is 22.7. The first-order chi connectivity index (χ1) is 8.20. The van der Waals surface area contributed by atoms with Gasteiger partial charge in [-0.2, -0.15) is 0 Å². The molecule has 0 aliphatic heterocycles. The minimum absolute atomic E-state index is 0.0302. The van der Waals surface area contributed by atoms with Crippen LogP contribution in [0.3, 0.4) is 0 Å². The molecule has 8 nitrogen and oxygen atoms in total. The van der Waals surface area contributed by atoms with Crippen LogP contribution in [0.15, 0.2) is 17.2 Å². The first-order valence-corrected chi connectivity index (χ1v) is 6.63. The van der Waals surface area contributed by atoms with E-state index in [1.807, 2.05) is 0 Å². The average molecular weight is 272 g/mol. The van der Waals surface area contributed by atoms with Crippen LogP contribution in [-0.4, -0.2) is 38.0 Å². The number of pyridine rings is 1. The van der Waals surface area contributed by atoms with Crippen molar-refractivity contribution in [2.45, 2.75) is 5.03 Å². The van der Waals surface area contributed by atoms with Crippen molar-refractivity contribution < 1.29 is 18.0 Å². The molecule has 0 spiro atoms. The Hall–Kier alpha value is -2.16. The van der Waals surface area contributed by atoms with E-state index in [0.29, 0.717) is 0 Å². The van der Waals surface area contributed by atoms with Gasteiger partial charge in [0.1, 0.15) is 5.82 Å². The second-order valence-electron chi connectivity index (χ2n) is 3.54. The highest BCUT2D eigenvalue weighted by atomic mass is 32.2. The van der Waals surface area contributed by atoms with Gasteiger partial charge in [-0.3, -0.25) is 9.59 Å². The number of nitrogens with one attached hydrogen (secondary N) is 1. The summed E-state index contributed by atoms with van der Waals surface area (Å²) in [6.07, 6.45) is 0.942. The van der Waals surface area contributed by atoms with Gasteiger partial charge in [0.2, 0.25) is 11.8 Å². The molecule has 0 atom stereocenters. The predicted octanol–water partition coefficient (Wildman–Crippen LogP) is -1.52. The molecule has 0 bridgehead atoms. The molecule has 18 heavy (non-hydrogen) atoms. The molecule has 0 aliphatic carbocycles. The molecular formula is C9H12N4O4S. The summed E-state index contributed by atoms with van der Waals surface area (Å²) in [5.74, 6) is -1.42. The maximum Gasteiger partial charge on any atom is 0.248 e. The molecule has 1 rings (SSSR count). The molecule has 1 heterocycles. The lowest BCUT2D eigenvalue weighted by Crippen LogP contribution is -2.23. The highest BCUT2D eigenvalue weighted by Crippen LogP contribution is 2.14. The van der Waals surface area contributed by atoms with Crippen molar-refractivity contribution in [2.75, 3.05) is 18.1 Å². The van der Waals surface area contributed by atoms with Crippen LogP contribution in [0.4, 0.5) is 5.82 Å². The van der Waals surface area contributed by atoms with Gasteiger partial charge >= 0.3 is 0 Å². The van der Waals surface area contributed by atoms with E-state index in [9.17, 15) is 18.0 Å². The van der Waals surface area contributed by atoms with E-state index in [1.54, 1.807) is 0 Å². The standard InChI is InChI=1S/C9H12N4O4S/c1-18(16,17)8-3-5(9(11)15)2-7(13-8)12-4-6(10)14/h2-3H,4H2,1H3,(H2,10,14)(H2,11,15)(H,12,13). The Kier molecular flexibility index (Phi) is 3.86. The monoisotopic (exact) mass is 272 g/mol. The smallest absolute Gasteiger partial charge is 0.248 e. The molecule has 0 saturated heterocycles. The first-order valence-electron chi connectivity index (χ1n) is 4.74. The molecule has 0 aromatic carbocycles. The Morgan fingerprint density at radius 3 is 2.39 bits per heavy atom. The number of carbonyl (C=O) groups is 2. The summed E-state index contributed by atoms with van der Waals surface area (Å²) in [4.78, 5) is 25.4. The van der Waals surface area contributed by atoms with E-state index < -0.39 is 21.7 Å². The molecule has 98 valence electrons. The van der Waals surface area contributed by atoms with E-state index in [2.05, 4.69) is 10.3 Å². The van der Waals surface area contributed by atoms with Gasteiger partial charge in [0.05, 0.1) is 6.54 Å². The van der Waals surface area contributed by atoms with Gasteiger partial charge < -0.3 is 16.8 Å². The SMILES string of the molecule is CS(=O)(=O)c1cc(C(N)=O)cc(NCC(N)=O)n1. The fourth-order valence-electron chi connectivity index (χ4n) is 1.11. The van der Waals surface area contributed by atoms with Crippen LogP contribution in [0.2, 0.25) is 0 Å². The molecule has 0 saturated carbocycles. The van der Waals surface area contributed by atoms with Gasteiger partial charge in [0.15, 0.2) is 14.9 Å². The minimum atomic E-state index is -3.59. The number of hydrogen-bond acceptors (Lipinski definition) is 6. The number of rotatable bonds is 5. The third kappa shape index (κ3) is 3.70. The Morgan fingerprint density at radius 1 is 1.33 bits per heavy atom. The van der Waals surface area contributed by atoms with Gasteiger partial charge in [0.25, 0.3) is 0 Å². The molecule has 0 aliphatic rings. The summed E-state index contributed by atoms with van der Waals surface area (Å²) >= 11 is 0. The van der Waals surface area contributed by atoms with Gasteiger partial charge in [-0.15, -0.1) is 0 Å². The van der Waals surface area contributed by atoms with Crippen molar-refractivity contribution in [3.63, 3.8) is 0 Å². The highest BCUT2D eigenvalue weighted by molar-refractivity contribution is 7.90. The number of anilines is 1. The second kappa shape index (κ2) is 5.00. The zero-order valence-corrected chi connectivity index (χ0v) is 10.3. The number of sulfone groups is 1. The molecule has 2 amide bonds. The number of aromatic nitrogens is 1. The van der Waals surface area contributed by atoms with Gasteiger partial charge in [-0.05, 0) is 12.1 Å². The summed E-state index contributed by atoms with van der Waals surface area (Å²) in [6.45, 7) is -0.238. The molecular weight excluding hydrogens is 260 g/mol. The molecule has 0 fully saturated rings. The van der Waals surface area contributed by atoms with Crippen molar-refractivity contribution in [3.8, 4) is 0 Å². The Labute approximate surface area is 103 Å². The predicted molar refractivity (Wildman–Crippen MR) is 63.5 cm³/mol. The van der Waals surface area contributed by atoms with E-state index >= 15 is 0 Å². The van der Waals surface area contributed by atoms with Crippen LogP contribution < -0.4 is 16.8 Å². The number of primary amides is 2.